The van der Waals surface area contributed by atoms with Crippen molar-refractivity contribution in [2.24, 2.45) is 0 Å². The van der Waals surface area contributed by atoms with Gasteiger partial charge < -0.3 is 24.8 Å². The zero-order chi connectivity index (χ0) is 22.1. The van der Waals surface area contributed by atoms with Crippen LogP contribution in [-0.4, -0.2) is 26.4 Å². The van der Waals surface area contributed by atoms with Crippen molar-refractivity contribution < 1.29 is 14.2 Å². The molecular formula is C24H26N2O3S2. The Bertz CT molecular complexity index is 996. The standard InChI is InChI=1S/C24H26N2O3S2/c1-27-21-14-11-18(22(28-2)23(21)29-3)15-25-24(30)26-19-12-9-17(10-13-19)16-31-20-7-5-4-6-8-20/h4-14H,15-16H2,1-3H3,(H2,25,26,30). The Kier molecular flexibility index (Phi) is 8.44. The fourth-order valence-corrected chi connectivity index (χ4v) is 4.09. The molecule has 0 bridgehead atoms. The van der Waals surface area contributed by atoms with Crippen LogP contribution >= 0.6 is 24.0 Å². The van der Waals surface area contributed by atoms with Crippen molar-refractivity contribution >= 4 is 34.8 Å². The van der Waals surface area contributed by atoms with E-state index >= 15 is 0 Å². The van der Waals surface area contributed by atoms with E-state index < -0.39 is 0 Å². The van der Waals surface area contributed by atoms with Crippen LogP contribution in [0.5, 0.6) is 17.2 Å². The molecular weight excluding hydrogens is 428 g/mol. The van der Waals surface area contributed by atoms with Gasteiger partial charge in [-0.15, -0.1) is 11.8 Å². The lowest BCUT2D eigenvalue weighted by atomic mass is 10.1. The third kappa shape index (κ3) is 6.29. The molecule has 0 aliphatic carbocycles. The first-order valence-electron chi connectivity index (χ1n) is 9.74. The van der Waals surface area contributed by atoms with Crippen LogP contribution in [0.1, 0.15) is 11.1 Å². The number of hydrogen-bond acceptors (Lipinski definition) is 5. The molecule has 0 atom stereocenters. The summed E-state index contributed by atoms with van der Waals surface area (Å²) in [7, 11) is 4.79. The molecule has 3 aromatic carbocycles. The largest absolute Gasteiger partial charge is 0.493 e. The SMILES string of the molecule is COc1ccc(CNC(=S)Nc2ccc(CSc3ccccc3)cc2)c(OC)c1OC. The van der Waals surface area contributed by atoms with Crippen molar-refractivity contribution in [3.05, 3.63) is 77.9 Å². The Hall–Kier alpha value is -2.90. The first kappa shape index (κ1) is 22.8. The molecule has 0 unspecified atom stereocenters. The molecule has 162 valence electrons. The Morgan fingerprint density at radius 1 is 0.839 bits per heavy atom. The van der Waals surface area contributed by atoms with Crippen molar-refractivity contribution in [1.82, 2.24) is 5.32 Å². The second kappa shape index (κ2) is 11.5. The van der Waals surface area contributed by atoms with Crippen molar-refractivity contribution in [3.8, 4) is 17.2 Å². The van der Waals surface area contributed by atoms with Gasteiger partial charge in [0, 0.05) is 28.4 Å². The van der Waals surface area contributed by atoms with Gasteiger partial charge in [0.2, 0.25) is 5.75 Å². The molecule has 5 nitrogen and oxygen atoms in total. The van der Waals surface area contributed by atoms with Crippen molar-refractivity contribution in [2.75, 3.05) is 26.6 Å². The fraction of sp³-hybridized carbons (Fsp3) is 0.208. The molecule has 0 aliphatic rings. The highest BCUT2D eigenvalue weighted by Gasteiger charge is 2.15. The van der Waals surface area contributed by atoms with E-state index in [2.05, 4.69) is 47.0 Å². The van der Waals surface area contributed by atoms with Crippen LogP contribution in [0, 0.1) is 0 Å². The number of thiocarbonyl (C=S) groups is 1. The number of benzene rings is 3. The minimum absolute atomic E-state index is 0.487. The molecule has 0 spiro atoms. The zero-order valence-electron chi connectivity index (χ0n) is 17.8. The maximum atomic E-state index is 5.52. The fourth-order valence-electron chi connectivity index (χ4n) is 3.02. The van der Waals surface area contributed by atoms with Crippen molar-refractivity contribution in [2.45, 2.75) is 17.2 Å². The molecule has 0 amide bonds. The Balaban J connectivity index is 1.54. The second-order valence-electron chi connectivity index (χ2n) is 6.60. The molecule has 0 aliphatic heterocycles. The highest BCUT2D eigenvalue weighted by atomic mass is 32.2. The lowest BCUT2D eigenvalue weighted by Crippen LogP contribution is -2.28. The van der Waals surface area contributed by atoms with Gasteiger partial charge in [-0.3, -0.25) is 0 Å². The van der Waals surface area contributed by atoms with Gasteiger partial charge in [-0.2, -0.15) is 0 Å². The summed E-state index contributed by atoms with van der Waals surface area (Å²) in [4.78, 5) is 1.26. The van der Waals surface area contributed by atoms with Gasteiger partial charge >= 0.3 is 0 Å². The monoisotopic (exact) mass is 454 g/mol. The predicted molar refractivity (Wildman–Crippen MR) is 132 cm³/mol. The van der Waals surface area contributed by atoms with E-state index in [-0.39, 0.29) is 0 Å². The summed E-state index contributed by atoms with van der Waals surface area (Å²) in [5.74, 6) is 2.73. The number of hydrogen-bond donors (Lipinski definition) is 2. The molecule has 0 saturated carbocycles. The van der Waals surface area contributed by atoms with Gasteiger partial charge in [-0.1, -0.05) is 30.3 Å². The quantitative estimate of drug-likeness (QED) is 0.327. The molecule has 0 fully saturated rings. The van der Waals surface area contributed by atoms with E-state index in [0.29, 0.717) is 28.9 Å². The Morgan fingerprint density at radius 2 is 1.55 bits per heavy atom. The topological polar surface area (TPSA) is 51.8 Å². The molecule has 0 radical (unpaired) electrons. The smallest absolute Gasteiger partial charge is 0.203 e. The summed E-state index contributed by atoms with van der Waals surface area (Å²) in [5.41, 5.74) is 3.11. The molecule has 0 aromatic heterocycles. The maximum absolute atomic E-state index is 5.52. The summed E-state index contributed by atoms with van der Waals surface area (Å²) in [5, 5.41) is 6.96. The van der Waals surface area contributed by atoms with E-state index in [0.717, 1.165) is 17.0 Å². The zero-order valence-corrected chi connectivity index (χ0v) is 19.4. The van der Waals surface area contributed by atoms with Crippen LogP contribution in [0.4, 0.5) is 5.69 Å². The Morgan fingerprint density at radius 3 is 2.19 bits per heavy atom. The minimum Gasteiger partial charge on any atom is -0.493 e. The number of ether oxygens (including phenoxy) is 3. The van der Waals surface area contributed by atoms with E-state index in [1.54, 1.807) is 21.3 Å². The van der Waals surface area contributed by atoms with E-state index in [1.165, 1.54) is 10.5 Å². The summed E-state index contributed by atoms with van der Waals surface area (Å²) in [6, 6.07) is 22.4. The molecule has 7 heteroatoms. The Labute approximate surface area is 193 Å². The highest BCUT2D eigenvalue weighted by molar-refractivity contribution is 7.98. The highest BCUT2D eigenvalue weighted by Crippen LogP contribution is 2.39. The van der Waals surface area contributed by atoms with Crippen LogP contribution < -0.4 is 24.8 Å². The summed E-state index contributed by atoms with van der Waals surface area (Å²) in [6.45, 7) is 0.487. The third-order valence-electron chi connectivity index (χ3n) is 4.59. The number of nitrogens with one attached hydrogen (secondary N) is 2. The number of thioether (sulfide) groups is 1. The van der Waals surface area contributed by atoms with E-state index in [9.17, 15) is 0 Å². The predicted octanol–water partition coefficient (Wildman–Crippen LogP) is 5.49. The average Bonchev–Trinajstić information content (AvgIpc) is 2.82. The van der Waals surface area contributed by atoms with E-state index in [4.69, 9.17) is 26.4 Å². The van der Waals surface area contributed by atoms with Gasteiger partial charge in [-0.05, 0) is 54.2 Å². The number of anilines is 1. The van der Waals surface area contributed by atoms with Crippen LogP contribution in [-0.2, 0) is 12.3 Å². The van der Waals surface area contributed by atoms with Gasteiger partial charge in [0.15, 0.2) is 16.6 Å². The summed E-state index contributed by atoms with van der Waals surface area (Å²) >= 11 is 7.27. The number of methoxy groups -OCH3 is 3. The molecule has 31 heavy (non-hydrogen) atoms. The van der Waals surface area contributed by atoms with Gasteiger partial charge in [0.25, 0.3) is 0 Å². The number of rotatable bonds is 9. The normalized spacial score (nSPS) is 10.3. The lowest BCUT2D eigenvalue weighted by Gasteiger charge is -2.17. The second-order valence-corrected chi connectivity index (χ2v) is 8.06. The summed E-state index contributed by atoms with van der Waals surface area (Å²) < 4.78 is 16.3. The van der Waals surface area contributed by atoms with Crippen molar-refractivity contribution in [3.63, 3.8) is 0 Å². The van der Waals surface area contributed by atoms with Crippen LogP contribution in [0.15, 0.2) is 71.6 Å². The summed E-state index contributed by atoms with van der Waals surface area (Å²) in [6.07, 6.45) is 0. The van der Waals surface area contributed by atoms with E-state index in [1.807, 2.05) is 42.1 Å². The molecule has 2 N–H and O–H groups in total. The molecule has 3 rings (SSSR count). The molecule has 3 aromatic rings. The first-order valence-corrected chi connectivity index (χ1v) is 11.1. The first-order chi connectivity index (χ1) is 15.1. The maximum Gasteiger partial charge on any atom is 0.203 e. The van der Waals surface area contributed by atoms with Crippen LogP contribution in [0.2, 0.25) is 0 Å². The van der Waals surface area contributed by atoms with Gasteiger partial charge in [-0.25, -0.2) is 0 Å². The average molecular weight is 455 g/mol. The van der Waals surface area contributed by atoms with Crippen molar-refractivity contribution in [1.29, 1.82) is 0 Å². The molecule has 0 saturated heterocycles. The molecule has 0 heterocycles. The van der Waals surface area contributed by atoms with Crippen LogP contribution in [0.25, 0.3) is 0 Å². The lowest BCUT2D eigenvalue weighted by molar-refractivity contribution is 0.322. The van der Waals surface area contributed by atoms with Gasteiger partial charge in [0.05, 0.1) is 21.3 Å². The van der Waals surface area contributed by atoms with Crippen LogP contribution in [0.3, 0.4) is 0 Å². The minimum atomic E-state index is 0.487. The third-order valence-corrected chi connectivity index (χ3v) is 5.92. The van der Waals surface area contributed by atoms with Gasteiger partial charge in [0.1, 0.15) is 0 Å².